The van der Waals surface area contributed by atoms with Crippen molar-refractivity contribution in [2.24, 2.45) is 0 Å². The third kappa shape index (κ3) is 2.69. The van der Waals surface area contributed by atoms with Gasteiger partial charge in [-0.3, -0.25) is 10.1 Å². The van der Waals surface area contributed by atoms with E-state index in [0.717, 1.165) is 0 Å². The quantitative estimate of drug-likeness (QED) is 0.508. The first-order valence-electron chi connectivity index (χ1n) is 5.38. The van der Waals surface area contributed by atoms with Crippen LogP contribution in [0.25, 0.3) is 11.0 Å². The van der Waals surface area contributed by atoms with Gasteiger partial charge in [-0.05, 0) is 6.07 Å². The smallest absolute Gasteiger partial charge is 0.407 e. The first kappa shape index (κ1) is 13.8. The maximum Gasteiger partial charge on any atom is 0.407 e. The van der Waals surface area contributed by atoms with E-state index in [4.69, 9.17) is 12.2 Å². The van der Waals surface area contributed by atoms with Gasteiger partial charge in [-0.1, -0.05) is 17.4 Å². The number of nitro groups is 1. The van der Waals surface area contributed by atoms with Gasteiger partial charge in [0.05, 0.1) is 18.6 Å². The molecule has 0 aliphatic rings. The van der Waals surface area contributed by atoms with Crippen molar-refractivity contribution in [2.45, 2.75) is 0 Å². The molecule has 0 spiro atoms. The van der Waals surface area contributed by atoms with E-state index in [0.29, 0.717) is 11.0 Å². The number of nitro benzene ring substituents is 1. The topological polar surface area (TPSA) is 112 Å². The summed E-state index contributed by atoms with van der Waals surface area (Å²) >= 11 is 5.10. The molecule has 1 aromatic heterocycles. The molecule has 0 fully saturated rings. The van der Waals surface area contributed by atoms with E-state index in [9.17, 15) is 14.9 Å². The summed E-state index contributed by atoms with van der Waals surface area (Å²) in [5.74, 6) is 0. The number of non-ortho nitro benzene ring substituents is 1. The molecule has 1 aromatic carbocycles. The number of methoxy groups -OCH3 is 1. The first-order valence-corrected chi connectivity index (χ1v) is 5.78. The van der Waals surface area contributed by atoms with Crippen LogP contribution in [-0.2, 0) is 4.74 Å². The number of ether oxygens (including phenoxy) is 1. The number of benzene rings is 1. The Hall–Kier alpha value is -2.62. The van der Waals surface area contributed by atoms with Crippen LogP contribution in [0.15, 0.2) is 18.2 Å². The largest absolute Gasteiger partial charge is 0.453 e. The molecule has 2 aromatic rings. The molecular formula is C10H9N5O4S. The minimum absolute atomic E-state index is 0.00313. The molecule has 0 saturated heterocycles. The van der Waals surface area contributed by atoms with Crippen molar-refractivity contribution in [2.75, 3.05) is 13.7 Å². The molecule has 0 atom stereocenters. The summed E-state index contributed by atoms with van der Waals surface area (Å²) < 4.78 is 5.67. The number of aromatic nitrogens is 3. The summed E-state index contributed by atoms with van der Waals surface area (Å²) in [6, 6.07) is 4.13. The van der Waals surface area contributed by atoms with Crippen molar-refractivity contribution in [3.63, 3.8) is 0 Å². The molecule has 0 radical (unpaired) electrons. The number of thiocarbonyl (C=S) groups is 1. The number of amides is 1. The SMILES string of the molecule is COC(=O)NCC(=S)n1nnc2ccc([N+](=O)[O-])cc21. The summed E-state index contributed by atoms with van der Waals surface area (Å²) in [7, 11) is 1.23. The lowest BCUT2D eigenvalue weighted by Gasteiger charge is -2.05. The normalized spacial score (nSPS) is 10.2. The molecule has 0 bridgehead atoms. The van der Waals surface area contributed by atoms with Crippen molar-refractivity contribution in [3.05, 3.63) is 28.3 Å². The lowest BCUT2D eigenvalue weighted by molar-refractivity contribution is -0.384. The monoisotopic (exact) mass is 295 g/mol. The molecule has 10 heteroatoms. The third-order valence-electron chi connectivity index (χ3n) is 2.45. The Morgan fingerprint density at radius 2 is 2.35 bits per heavy atom. The molecule has 1 amide bonds. The van der Waals surface area contributed by atoms with Gasteiger partial charge in [-0.2, -0.15) is 0 Å². The van der Waals surface area contributed by atoms with Gasteiger partial charge < -0.3 is 10.1 Å². The van der Waals surface area contributed by atoms with E-state index in [-0.39, 0.29) is 17.2 Å². The maximum atomic E-state index is 11.0. The van der Waals surface area contributed by atoms with Gasteiger partial charge in [0.1, 0.15) is 16.0 Å². The average molecular weight is 295 g/mol. The van der Waals surface area contributed by atoms with Crippen molar-refractivity contribution in [1.82, 2.24) is 20.3 Å². The summed E-state index contributed by atoms with van der Waals surface area (Å²) in [5, 5.41) is 20.8. The highest BCUT2D eigenvalue weighted by Crippen LogP contribution is 2.18. The van der Waals surface area contributed by atoms with Crippen LogP contribution in [0.3, 0.4) is 0 Å². The van der Waals surface area contributed by atoms with E-state index in [1.807, 2.05) is 0 Å². The van der Waals surface area contributed by atoms with Gasteiger partial charge in [0.25, 0.3) is 5.69 Å². The Bertz CT molecular complexity index is 698. The Morgan fingerprint density at radius 3 is 3.00 bits per heavy atom. The van der Waals surface area contributed by atoms with Crippen LogP contribution in [0.4, 0.5) is 10.5 Å². The number of fused-ring (bicyclic) bond motifs is 1. The van der Waals surface area contributed by atoms with Crippen LogP contribution in [0.2, 0.25) is 0 Å². The van der Waals surface area contributed by atoms with Gasteiger partial charge in [-0.25, -0.2) is 9.48 Å². The summed E-state index contributed by atoms with van der Waals surface area (Å²) in [5.41, 5.74) is 0.775. The van der Waals surface area contributed by atoms with Crippen LogP contribution in [0.1, 0.15) is 0 Å². The summed E-state index contributed by atoms with van der Waals surface area (Å²) in [6.45, 7) is 0.00313. The number of nitrogens with one attached hydrogen (secondary N) is 1. The standard InChI is InChI=1S/C10H9N5O4S/c1-19-10(16)11-5-9(20)14-8-4-6(15(17)18)2-3-7(8)12-13-14/h2-4H,5H2,1H3,(H,11,16). The molecular weight excluding hydrogens is 286 g/mol. The lowest BCUT2D eigenvalue weighted by atomic mass is 10.3. The van der Waals surface area contributed by atoms with Crippen LogP contribution >= 0.6 is 12.2 Å². The number of hydrogen-bond acceptors (Lipinski definition) is 7. The lowest BCUT2D eigenvalue weighted by Crippen LogP contribution is -2.32. The fourth-order valence-electron chi connectivity index (χ4n) is 1.50. The zero-order chi connectivity index (χ0) is 14.7. The predicted octanol–water partition coefficient (Wildman–Crippen LogP) is 0.871. The predicted molar refractivity (Wildman–Crippen MR) is 72.6 cm³/mol. The average Bonchev–Trinajstić information content (AvgIpc) is 2.87. The van der Waals surface area contributed by atoms with Gasteiger partial charge in [0.15, 0.2) is 0 Å². The zero-order valence-electron chi connectivity index (χ0n) is 10.3. The fourth-order valence-corrected chi connectivity index (χ4v) is 1.71. The second-order valence-electron chi connectivity index (χ2n) is 3.67. The third-order valence-corrected chi connectivity index (χ3v) is 2.76. The number of hydrogen-bond donors (Lipinski definition) is 1. The zero-order valence-corrected chi connectivity index (χ0v) is 11.1. The van der Waals surface area contributed by atoms with Crippen LogP contribution in [0, 0.1) is 10.1 Å². The summed E-state index contributed by atoms with van der Waals surface area (Å²) in [6.07, 6.45) is -0.636. The molecule has 2 rings (SSSR count). The minimum atomic E-state index is -0.636. The van der Waals surface area contributed by atoms with Crippen molar-refractivity contribution in [3.8, 4) is 0 Å². The molecule has 9 nitrogen and oxygen atoms in total. The van der Waals surface area contributed by atoms with Gasteiger partial charge >= 0.3 is 6.09 Å². The number of carbonyl (C=O) groups is 1. The van der Waals surface area contributed by atoms with E-state index in [1.165, 1.54) is 30.0 Å². The van der Waals surface area contributed by atoms with E-state index >= 15 is 0 Å². The van der Waals surface area contributed by atoms with Crippen LogP contribution in [-0.4, -0.2) is 44.7 Å². The summed E-state index contributed by atoms with van der Waals surface area (Å²) in [4.78, 5) is 21.4. The molecule has 0 aliphatic carbocycles. The second kappa shape index (κ2) is 5.57. The number of alkyl carbamates (subject to hydrolysis) is 1. The Kier molecular flexibility index (Phi) is 3.84. The second-order valence-corrected chi connectivity index (χ2v) is 4.14. The highest BCUT2D eigenvalue weighted by Gasteiger charge is 2.14. The maximum absolute atomic E-state index is 11.0. The van der Waals surface area contributed by atoms with Gasteiger partial charge in [0, 0.05) is 12.1 Å². The highest BCUT2D eigenvalue weighted by atomic mass is 32.1. The Balaban J connectivity index is 2.29. The van der Waals surface area contributed by atoms with Crippen LogP contribution < -0.4 is 5.32 Å². The van der Waals surface area contributed by atoms with Crippen LogP contribution in [0.5, 0.6) is 0 Å². The van der Waals surface area contributed by atoms with E-state index in [1.54, 1.807) is 0 Å². The van der Waals surface area contributed by atoms with Crippen molar-refractivity contribution >= 4 is 40.0 Å². The molecule has 0 saturated carbocycles. The molecule has 104 valence electrons. The van der Waals surface area contributed by atoms with Crippen molar-refractivity contribution < 1.29 is 14.5 Å². The minimum Gasteiger partial charge on any atom is -0.453 e. The fraction of sp³-hybridized carbons (Fsp3) is 0.200. The number of carbonyl (C=O) groups excluding carboxylic acids is 1. The van der Waals surface area contributed by atoms with E-state index in [2.05, 4.69) is 20.4 Å². The number of rotatable bonds is 3. The Labute approximate surface area is 117 Å². The molecule has 20 heavy (non-hydrogen) atoms. The molecule has 1 heterocycles. The molecule has 0 unspecified atom stereocenters. The van der Waals surface area contributed by atoms with Gasteiger partial charge in [-0.15, -0.1) is 5.10 Å². The van der Waals surface area contributed by atoms with Gasteiger partial charge in [0.2, 0.25) is 0 Å². The van der Waals surface area contributed by atoms with Crippen molar-refractivity contribution in [1.29, 1.82) is 0 Å². The first-order chi connectivity index (χ1) is 9.52. The molecule has 1 N–H and O–H groups in total. The number of nitrogens with zero attached hydrogens (tertiary/aromatic N) is 4. The van der Waals surface area contributed by atoms with E-state index < -0.39 is 11.0 Å². The molecule has 0 aliphatic heterocycles. The highest BCUT2D eigenvalue weighted by molar-refractivity contribution is 7.80. The Morgan fingerprint density at radius 1 is 1.60 bits per heavy atom.